The van der Waals surface area contributed by atoms with Gasteiger partial charge < -0.3 is 20.9 Å². The number of hydrogen-bond acceptors (Lipinski definition) is 12. The molecule has 0 aromatic heterocycles. The lowest BCUT2D eigenvalue weighted by Crippen LogP contribution is -2.05. The lowest BCUT2D eigenvalue weighted by molar-refractivity contribution is 0.0526. The van der Waals surface area contributed by atoms with Gasteiger partial charge in [0.15, 0.2) is 0 Å². The molecule has 0 aliphatic heterocycles. The van der Waals surface area contributed by atoms with E-state index in [1.807, 2.05) is 0 Å². The highest BCUT2D eigenvalue weighted by atomic mass is 32.2. The Hall–Kier alpha value is -4.69. The van der Waals surface area contributed by atoms with E-state index in [1.54, 1.807) is 31.2 Å². The number of benzene rings is 3. The standard InChI is InChI=1S/C23H22N6O7S/c1-3-36-23(31)14-9-5-7-11-16(14)26-28-17-12-18(37(32,33)34)20(25)21(19(17)24)29-27-15-10-6-4-8-13(15)22(30)35-2/h4-12H,3,24-25H2,1-2H3,(H,32,33,34). The number of carbonyl (C=O) groups is 2. The number of nitrogens with zero attached hydrogens (tertiary/aromatic N) is 4. The van der Waals surface area contributed by atoms with E-state index in [9.17, 15) is 22.6 Å². The fourth-order valence-electron chi connectivity index (χ4n) is 3.06. The van der Waals surface area contributed by atoms with Gasteiger partial charge in [-0.3, -0.25) is 4.55 Å². The first-order chi connectivity index (χ1) is 17.6. The highest BCUT2D eigenvalue weighted by Gasteiger charge is 2.23. The Morgan fingerprint density at radius 1 is 0.838 bits per heavy atom. The average molecular weight is 527 g/mol. The van der Waals surface area contributed by atoms with Crippen LogP contribution in [0.3, 0.4) is 0 Å². The molecular weight excluding hydrogens is 504 g/mol. The second-order valence-electron chi connectivity index (χ2n) is 7.19. The molecule has 0 aliphatic carbocycles. The predicted molar refractivity (Wildman–Crippen MR) is 134 cm³/mol. The highest BCUT2D eigenvalue weighted by molar-refractivity contribution is 7.86. The zero-order valence-corrected chi connectivity index (χ0v) is 20.5. The van der Waals surface area contributed by atoms with Crippen LogP contribution in [0.25, 0.3) is 0 Å². The Labute approximate surface area is 211 Å². The minimum Gasteiger partial charge on any atom is -0.465 e. The largest absolute Gasteiger partial charge is 0.465 e. The van der Waals surface area contributed by atoms with Crippen LogP contribution in [0, 0.1) is 0 Å². The van der Waals surface area contributed by atoms with E-state index >= 15 is 0 Å². The molecule has 0 fully saturated rings. The van der Waals surface area contributed by atoms with Crippen LogP contribution in [-0.2, 0) is 19.6 Å². The van der Waals surface area contributed by atoms with Gasteiger partial charge in [-0.1, -0.05) is 24.3 Å². The molecule has 0 heterocycles. The fourth-order valence-corrected chi connectivity index (χ4v) is 3.70. The number of esters is 2. The Morgan fingerprint density at radius 3 is 1.89 bits per heavy atom. The molecule has 3 aromatic carbocycles. The third-order valence-electron chi connectivity index (χ3n) is 4.83. The molecule has 192 valence electrons. The van der Waals surface area contributed by atoms with Gasteiger partial charge in [0, 0.05) is 0 Å². The van der Waals surface area contributed by atoms with Crippen LogP contribution in [0.4, 0.5) is 34.1 Å². The summed E-state index contributed by atoms with van der Waals surface area (Å²) in [5.74, 6) is -1.32. The van der Waals surface area contributed by atoms with Crippen molar-refractivity contribution in [3.8, 4) is 0 Å². The Morgan fingerprint density at radius 2 is 1.35 bits per heavy atom. The summed E-state index contributed by atoms with van der Waals surface area (Å²) in [6.45, 7) is 1.79. The van der Waals surface area contributed by atoms with Crippen LogP contribution < -0.4 is 11.5 Å². The maximum Gasteiger partial charge on any atom is 0.340 e. The first-order valence-corrected chi connectivity index (χ1v) is 12.0. The molecule has 3 rings (SSSR count). The topological polar surface area (TPSA) is 208 Å². The maximum absolute atomic E-state index is 12.2. The molecule has 0 atom stereocenters. The van der Waals surface area contributed by atoms with Crippen molar-refractivity contribution in [2.75, 3.05) is 25.2 Å². The molecular formula is C23H22N6O7S. The van der Waals surface area contributed by atoms with Crippen molar-refractivity contribution in [2.45, 2.75) is 11.8 Å². The fraction of sp³-hybridized carbons (Fsp3) is 0.130. The molecule has 0 saturated heterocycles. The van der Waals surface area contributed by atoms with E-state index in [2.05, 4.69) is 20.5 Å². The quantitative estimate of drug-likeness (QED) is 0.158. The molecule has 0 radical (unpaired) electrons. The summed E-state index contributed by atoms with van der Waals surface area (Å²) in [6, 6.07) is 13.1. The molecule has 0 bridgehead atoms. The molecule has 14 heteroatoms. The van der Waals surface area contributed by atoms with Crippen molar-refractivity contribution in [3.63, 3.8) is 0 Å². The maximum atomic E-state index is 12.2. The van der Waals surface area contributed by atoms with E-state index < -0.39 is 32.6 Å². The zero-order valence-electron chi connectivity index (χ0n) is 19.7. The summed E-state index contributed by atoms with van der Waals surface area (Å²) in [6.07, 6.45) is 0. The molecule has 37 heavy (non-hydrogen) atoms. The van der Waals surface area contributed by atoms with Gasteiger partial charge in [0.2, 0.25) is 0 Å². The second-order valence-corrected chi connectivity index (χ2v) is 8.58. The van der Waals surface area contributed by atoms with Crippen molar-refractivity contribution in [1.29, 1.82) is 0 Å². The van der Waals surface area contributed by atoms with Gasteiger partial charge in [0.25, 0.3) is 10.1 Å². The van der Waals surface area contributed by atoms with Crippen molar-refractivity contribution in [3.05, 3.63) is 65.7 Å². The molecule has 5 N–H and O–H groups in total. The third-order valence-corrected chi connectivity index (χ3v) is 5.72. The second kappa shape index (κ2) is 11.4. The van der Waals surface area contributed by atoms with E-state index in [0.717, 1.165) is 6.07 Å². The number of hydrogen-bond donors (Lipinski definition) is 3. The summed E-state index contributed by atoms with van der Waals surface area (Å²) < 4.78 is 43.4. The van der Waals surface area contributed by atoms with Crippen molar-refractivity contribution in [1.82, 2.24) is 0 Å². The Balaban J connectivity index is 2.15. The number of anilines is 2. The van der Waals surface area contributed by atoms with Crippen LogP contribution in [-0.4, -0.2) is 38.6 Å². The van der Waals surface area contributed by atoms with E-state index in [1.165, 1.54) is 31.4 Å². The smallest absolute Gasteiger partial charge is 0.340 e. The van der Waals surface area contributed by atoms with Crippen LogP contribution in [0.15, 0.2) is 79.9 Å². The zero-order chi connectivity index (χ0) is 27.2. The van der Waals surface area contributed by atoms with Gasteiger partial charge in [-0.15, -0.1) is 20.5 Å². The SMILES string of the molecule is CCOC(=O)c1ccccc1N=Nc1cc(S(=O)(=O)O)c(N)c(N=Nc2ccccc2C(=O)OC)c1N. The summed E-state index contributed by atoms with van der Waals surface area (Å²) in [5, 5.41) is 15.8. The van der Waals surface area contributed by atoms with E-state index in [-0.39, 0.29) is 46.2 Å². The lowest BCUT2D eigenvalue weighted by Gasteiger charge is -2.11. The van der Waals surface area contributed by atoms with Gasteiger partial charge in [-0.25, -0.2) is 9.59 Å². The van der Waals surface area contributed by atoms with Gasteiger partial charge in [-0.2, -0.15) is 8.42 Å². The first kappa shape index (κ1) is 26.9. The number of nitrogen functional groups attached to an aromatic ring is 2. The van der Waals surface area contributed by atoms with Crippen LogP contribution in [0.2, 0.25) is 0 Å². The Bertz CT molecular complexity index is 1520. The summed E-state index contributed by atoms with van der Waals surface area (Å²) >= 11 is 0. The minimum absolute atomic E-state index is 0.0762. The van der Waals surface area contributed by atoms with E-state index in [4.69, 9.17) is 20.9 Å². The van der Waals surface area contributed by atoms with Gasteiger partial charge in [0.1, 0.15) is 27.6 Å². The number of azo groups is 2. The molecule has 3 aromatic rings. The van der Waals surface area contributed by atoms with Crippen LogP contribution in [0.1, 0.15) is 27.6 Å². The summed E-state index contributed by atoms with van der Waals surface area (Å²) in [4.78, 5) is 23.5. The van der Waals surface area contributed by atoms with Crippen LogP contribution >= 0.6 is 0 Å². The summed E-state index contributed by atoms with van der Waals surface area (Å²) in [5.41, 5.74) is 11.1. The minimum atomic E-state index is -4.85. The number of rotatable bonds is 8. The number of ether oxygens (including phenoxy) is 2. The molecule has 0 saturated carbocycles. The van der Waals surface area contributed by atoms with Crippen molar-refractivity contribution in [2.24, 2.45) is 20.5 Å². The predicted octanol–water partition coefficient (Wildman–Crippen LogP) is 4.89. The molecule has 0 amide bonds. The highest BCUT2D eigenvalue weighted by Crippen LogP contribution is 2.43. The normalized spacial score (nSPS) is 11.6. The number of methoxy groups -OCH3 is 1. The number of nitrogens with two attached hydrogens (primary N) is 2. The third kappa shape index (κ3) is 6.12. The monoisotopic (exact) mass is 526 g/mol. The number of carbonyl (C=O) groups excluding carboxylic acids is 2. The van der Waals surface area contributed by atoms with Gasteiger partial charge in [0.05, 0.1) is 36.2 Å². The van der Waals surface area contributed by atoms with Gasteiger partial charge in [-0.05, 0) is 37.3 Å². The summed E-state index contributed by atoms with van der Waals surface area (Å²) in [7, 11) is -3.65. The van der Waals surface area contributed by atoms with Crippen molar-refractivity contribution < 1.29 is 32.0 Å². The molecule has 0 aliphatic rings. The molecule has 13 nitrogen and oxygen atoms in total. The lowest BCUT2D eigenvalue weighted by atomic mass is 10.2. The molecule has 0 unspecified atom stereocenters. The van der Waals surface area contributed by atoms with Crippen LogP contribution in [0.5, 0.6) is 0 Å². The molecule has 0 spiro atoms. The van der Waals surface area contributed by atoms with Crippen molar-refractivity contribution >= 4 is 56.2 Å². The van der Waals surface area contributed by atoms with E-state index in [0.29, 0.717) is 0 Å². The Kier molecular flexibility index (Phi) is 8.26. The average Bonchev–Trinajstić information content (AvgIpc) is 2.87. The first-order valence-electron chi connectivity index (χ1n) is 10.5. The van der Waals surface area contributed by atoms with Gasteiger partial charge >= 0.3 is 11.9 Å².